The molecule has 0 radical (unpaired) electrons. The van der Waals surface area contributed by atoms with Gasteiger partial charge in [-0.1, -0.05) is 65.2 Å². The predicted molar refractivity (Wildman–Crippen MR) is 94.9 cm³/mol. The highest BCUT2D eigenvalue weighted by Gasteiger charge is 2.23. The van der Waals surface area contributed by atoms with Crippen molar-refractivity contribution in [3.05, 3.63) is 0 Å². The van der Waals surface area contributed by atoms with Gasteiger partial charge in [0.25, 0.3) is 0 Å². The van der Waals surface area contributed by atoms with E-state index in [2.05, 4.69) is 13.8 Å². The van der Waals surface area contributed by atoms with Crippen LogP contribution in [0.25, 0.3) is 0 Å². The van der Waals surface area contributed by atoms with Crippen molar-refractivity contribution in [2.24, 2.45) is 29.6 Å². The number of carbonyl (C=O) groups is 1. The van der Waals surface area contributed by atoms with Gasteiger partial charge in [-0.05, 0) is 55.8 Å². The topological polar surface area (TPSA) is 17.1 Å². The molecular formula is C21H38O. The Balaban J connectivity index is 1.48. The van der Waals surface area contributed by atoms with Crippen LogP contribution in [0.3, 0.4) is 0 Å². The van der Waals surface area contributed by atoms with Crippen molar-refractivity contribution < 1.29 is 4.79 Å². The zero-order valence-corrected chi connectivity index (χ0v) is 15.1. The summed E-state index contributed by atoms with van der Waals surface area (Å²) in [6.45, 7) is 4.89. The van der Waals surface area contributed by atoms with Gasteiger partial charge in [0.2, 0.25) is 0 Å². The summed E-state index contributed by atoms with van der Waals surface area (Å²) in [5, 5.41) is 0. The molecule has 128 valence electrons. The Labute approximate surface area is 138 Å². The van der Waals surface area contributed by atoms with Gasteiger partial charge in [0.1, 0.15) is 6.29 Å². The monoisotopic (exact) mass is 306 g/mol. The van der Waals surface area contributed by atoms with E-state index >= 15 is 0 Å². The molecule has 4 unspecified atom stereocenters. The van der Waals surface area contributed by atoms with E-state index in [-0.39, 0.29) is 0 Å². The fourth-order valence-corrected chi connectivity index (χ4v) is 5.29. The second kappa shape index (κ2) is 9.73. The highest BCUT2D eigenvalue weighted by Crippen LogP contribution is 2.36. The normalized spacial score (nSPS) is 36.2. The van der Waals surface area contributed by atoms with Gasteiger partial charge in [0.05, 0.1) is 0 Å². The standard InChI is InChI=1S/C21H38O/c1-17-12-18(2)14-20(13-17)9-6-4-3-5-8-19-10-7-11-21(15-19)16-22/h16-21H,3-15H2,1-2H3. The summed E-state index contributed by atoms with van der Waals surface area (Å²) in [7, 11) is 0. The van der Waals surface area contributed by atoms with Crippen LogP contribution in [0.2, 0.25) is 0 Å². The fourth-order valence-electron chi connectivity index (χ4n) is 5.29. The van der Waals surface area contributed by atoms with Crippen LogP contribution in [0.5, 0.6) is 0 Å². The van der Waals surface area contributed by atoms with Crippen LogP contribution in [0, 0.1) is 29.6 Å². The van der Waals surface area contributed by atoms with E-state index in [0.717, 1.165) is 30.1 Å². The van der Waals surface area contributed by atoms with Crippen LogP contribution < -0.4 is 0 Å². The highest BCUT2D eigenvalue weighted by atomic mass is 16.1. The number of hydrogen-bond donors (Lipinski definition) is 0. The van der Waals surface area contributed by atoms with Crippen molar-refractivity contribution in [1.29, 1.82) is 0 Å². The average Bonchev–Trinajstić information content (AvgIpc) is 2.50. The van der Waals surface area contributed by atoms with Crippen molar-refractivity contribution in [3.63, 3.8) is 0 Å². The molecule has 2 rings (SSSR count). The van der Waals surface area contributed by atoms with Crippen molar-refractivity contribution in [1.82, 2.24) is 0 Å². The van der Waals surface area contributed by atoms with Crippen molar-refractivity contribution in [2.45, 2.75) is 97.3 Å². The lowest BCUT2D eigenvalue weighted by Crippen LogP contribution is -2.19. The average molecular weight is 307 g/mol. The molecular weight excluding hydrogens is 268 g/mol. The van der Waals surface area contributed by atoms with E-state index in [1.54, 1.807) is 0 Å². The van der Waals surface area contributed by atoms with Crippen LogP contribution in [-0.2, 0) is 4.79 Å². The maximum atomic E-state index is 10.9. The van der Waals surface area contributed by atoms with Gasteiger partial charge in [-0.3, -0.25) is 0 Å². The Hall–Kier alpha value is -0.330. The lowest BCUT2D eigenvalue weighted by molar-refractivity contribution is -0.112. The molecule has 1 heteroatoms. The Morgan fingerprint density at radius 2 is 1.41 bits per heavy atom. The second-order valence-corrected chi connectivity index (χ2v) is 8.70. The predicted octanol–water partition coefficient (Wildman–Crippen LogP) is 6.40. The summed E-state index contributed by atoms with van der Waals surface area (Å²) in [5.41, 5.74) is 0. The van der Waals surface area contributed by atoms with Gasteiger partial charge < -0.3 is 4.79 Å². The second-order valence-electron chi connectivity index (χ2n) is 8.70. The van der Waals surface area contributed by atoms with Crippen molar-refractivity contribution in [3.8, 4) is 0 Å². The van der Waals surface area contributed by atoms with Gasteiger partial charge >= 0.3 is 0 Å². The Kier molecular flexibility index (Phi) is 7.97. The molecule has 0 aromatic carbocycles. The third-order valence-electron chi connectivity index (χ3n) is 6.27. The zero-order valence-electron chi connectivity index (χ0n) is 15.1. The third-order valence-corrected chi connectivity index (χ3v) is 6.27. The molecule has 0 spiro atoms. The van der Waals surface area contributed by atoms with Crippen LogP contribution >= 0.6 is 0 Å². The molecule has 0 aliphatic heterocycles. The minimum absolute atomic E-state index is 0.383. The van der Waals surface area contributed by atoms with Gasteiger partial charge in [-0.2, -0.15) is 0 Å². The smallest absolute Gasteiger partial charge is 0.123 e. The largest absolute Gasteiger partial charge is 0.303 e. The van der Waals surface area contributed by atoms with Crippen LogP contribution in [-0.4, -0.2) is 6.29 Å². The molecule has 2 fully saturated rings. The number of unbranched alkanes of at least 4 members (excludes halogenated alkanes) is 3. The fraction of sp³-hybridized carbons (Fsp3) is 0.952. The molecule has 0 N–H and O–H groups in total. The lowest BCUT2D eigenvalue weighted by Gasteiger charge is -2.31. The van der Waals surface area contributed by atoms with Gasteiger partial charge in [0, 0.05) is 5.92 Å². The van der Waals surface area contributed by atoms with Gasteiger partial charge in [0.15, 0.2) is 0 Å². The maximum absolute atomic E-state index is 10.9. The Morgan fingerprint density at radius 3 is 2.05 bits per heavy atom. The molecule has 0 saturated heterocycles. The van der Waals surface area contributed by atoms with Crippen molar-refractivity contribution in [2.75, 3.05) is 0 Å². The first-order chi connectivity index (χ1) is 10.7. The molecule has 2 saturated carbocycles. The number of rotatable bonds is 8. The zero-order chi connectivity index (χ0) is 15.8. The molecule has 0 amide bonds. The summed E-state index contributed by atoms with van der Waals surface area (Å²) in [6, 6.07) is 0. The molecule has 2 aliphatic carbocycles. The van der Waals surface area contributed by atoms with E-state index in [4.69, 9.17) is 0 Å². The number of carbonyl (C=O) groups excluding carboxylic acids is 1. The van der Waals surface area contributed by atoms with Crippen molar-refractivity contribution >= 4 is 6.29 Å². The van der Waals surface area contributed by atoms with E-state index in [0.29, 0.717) is 5.92 Å². The molecule has 0 aromatic heterocycles. The minimum atomic E-state index is 0.383. The first kappa shape index (κ1) is 18.0. The molecule has 2 aliphatic rings. The van der Waals surface area contributed by atoms with Gasteiger partial charge in [-0.25, -0.2) is 0 Å². The van der Waals surface area contributed by atoms with E-state index in [1.807, 2.05) is 0 Å². The molecule has 4 atom stereocenters. The first-order valence-electron chi connectivity index (χ1n) is 10.1. The lowest BCUT2D eigenvalue weighted by atomic mass is 9.75. The summed E-state index contributed by atoms with van der Waals surface area (Å²) < 4.78 is 0. The molecule has 0 bridgehead atoms. The van der Waals surface area contributed by atoms with Crippen LogP contribution in [0.1, 0.15) is 97.3 Å². The summed E-state index contributed by atoms with van der Waals surface area (Å²) in [5.74, 6) is 4.18. The van der Waals surface area contributed by atoms with E-state index in [9.17, 15) is 4.79 Å². The summed E-state index contributed by atoms with van der Waals surface area (Å²) in [6.07, 6.45) is 19.2. The number of hydrogen-bond acceptors (Lipinski definition) is 1. The molecule has 1 nitrogen and oxygen atoms in total. The van der Waals surface area contributed by atoms with E-state index < -0.39 is 0 Å². The van der Waals surface area contributed by atoms with Crippen LogP contribution in [0.15, 0.2) is 0 Å². The molecule has 0 heterocycles. The summed E-state index contributed by atoms with van der Waals surface area (Å²) >= 11 is 0. The Bertz CT molecular complexity index is 301. The molecule has 22 heavy (non-hydrogen) atoms. The summed E-state index contributed by atoms with van der Waals surface area (Å²) in [4.78, 5) is 10.9. The SMILES string of the molecule is CC1CC(C)CC(CCCCCCC2CCCC(C=O)C2)C1. The highest BCUT2D eigenvalue weighted by molar-refractivity contribution is 5.53. The van der Waals surface area contributed by atoms with E-state index in [1.165, 1.54) is 83.3 Å². The third kappa shape index (κ3) is 6.42. The maximum Gasteiger partial charge on any atom is 0.123 e. The quantitative estimate of drug-likeness (QED) is 0.374. The molecule has 0 aromatic rings. The first-order valence-corrected chi connectivity index (χ1v) is 10.1. The Morgan fingerprint density at radius 1 is 0.773 bits per heavy atom. The number of aldehydes is 1. The van der Waals surface area contributed by atoms with Gasteiger partial charge in [-0.15, -0.1) is 0 Å². The van der Waals surface area contributed by atoms with Crippen LogP contribution in [0.4, 0.5) is 0 Å². The minimum Gasteiger partial charge on any atom is -0.303 e.